The average Bonchev–Trinajstić information content (AvgIpc) is 2.39. The van der Waals surface area contributed by atoms with Crippen LogP contribution in [0, 0.1) is 0 Å². The van der Waals surface area contributed by atoms with Crippen molar-refractivity contribution in [2.75, 3.05) is 37.5 Å². The van der Waals surface area contributed by atoms with E-state index in [0.29, 0.717) is 0 Å². The molecule has 17 heavy (non-hydrogen) atoms. The third kappa shape index (κ3) is 2.66. The Morgan fingerprint density at radius 2 is 2.29 bits per heavy atom. The number of anilines is 2. The van der Waals surface area contributed by atoms with Crippen molar-refractivity contribution in [1.29, 1.82) is 0 Å². The van der Waals surface area contributed by atoms with E-state index < -0.39 is 0 Å². The summed E-state index contributed by atoms with van der Waals surface area (Å²) in [6.07, 6.45) is 5.75. The molecule has 94 valence electrons. The first kappa shape index (κ1) is 12.1. The molecule has 0 aliphatic carbocycles. The van der Waals surface area contributed by atoms with E-state index in [2.05, 4.69) is 27.1 Å². The molecule has 0 spiro atoms. The lowest BCUT2D eigenvalue weighted by Crippen LogP contribution is -2.47. The molecule has 1 aromatic heterocycles. The summed E-state index contributed by atoms with van der Waals surface area (Å²) in [6, 6.07) is 0. The van der Waals surface area contributed by atoms with Gasteiger partial charge in [0, 0.05) is 27.2 Å². The molecule has 1 unspecified atom stereocenters. The molecule has 0 amide bonds. The van der Waals surface area contributed by atoms with Crippen molar-refractivity contribution in [1.82, 2.24) is 9.97 Å². The van der Waals surface area contributed by atoms with Crippen molar-refractivity contribution < 1.29 is 4.74 Å². The summed E-state index contributed by atoms with van der Waals surface area (Å²) >= 11 is 0. The number of hydrogen-bond donors (Lipinski definition) is 1. The molecule has 0 bridgehead atoms. The normalized spacial score (nSPS) is 24.8. The van der Waals surface area contributed by atoms with Crippen LogP contribution in [0.3, 0.4) is 0 Å². The van der Waals surface area contributed by atoms with E-state index in [1.165, 1.54) is 0 Å². The van der Waals surface area contributed by atoms with Gasteiger partial charge in [0.25, 0.3) is 0 Å². The van der Waals surface area contributed by atoms with Crippen molar-refractivity contribution in [3.05, 3.63) is 12.4 Å². The summed E-state index contributed by atoms with van der Waals surface area (Å²) in [5.74, 6) is 1.71. The third-order valence-electron chi connectivity index (χ3n) is 3.35. The summed E-state index contributed by atoms with van der Waals surface area (Å²) in [6.45, 7) is 4.03. The van der Waals surface area contributed by atoms with Gasteiger partial charge in [0.1, 0.15) is 11.6 Å². The van der Waals surface area contributed by atoms with Gasteiger partial charge in [-0.3, -0.25) is 4.98 Å². The minimum absolute atomic E-state index is 0.0738. The van der Waals surface area contributed by atoms with Crippen molar-refractivity contribution in [3.8, 4) is 0 Å². The molecule has 1 aliphatic heterocycles. The fourth-order valence-electron chi connectivity index (χ4n) is 2.20. The van der Waals surface area contributed by atoms with E-state index in [9.17, 15) is 0 Å². The topological polar surface area (TPSA) is 50.3 Å². The SMILES string of the molecule is CNc1cncc(N2CCCC(C)(OC)C2)n1. The van der Waals surface area contributed by atoms with E-state index in [4.69, 9.17) is 4.74 Å². The summed E-state index contributed by atoms with van der Waals surface area (Å²) in [4.78, 5) is 10.9. The second kappa shape index (κ2) is 4.87. The second-order valence-electron chi connectivity index (χ2n) is 4.69. The Labute approximate surface area is 102 Å². The Balaban J connectivity index is 2.16. The van der Waals surface area contributed by atoms with Gasteiger partial charge in [-0.1, -0.05) is 0 Å². The van der Waals surface area contributed by atoms with Crippen molar-refractivity contribution in [3.63, 3.8) is 0 Å². The van der Waals surface area contributed by atoms with Gasteiger partial charge in [0.15, 0.2) is 0 Å². The highest BCUT2D eigenvalue weighted by Crippen LogP contribution is 2.26. The van der Waals surface area contributed by atoms with E-state index in [0.717, 1.165) is 37.6 Å². The molecule has 1 N–H and O–H groups in total. The maximum absolute atomic E-state index is 5.58. The van der Waals surface area contributed by atoms with E-state index in [-0.39, 0.29) is 5.60 Å². The van der Waals surface area contributed by atoms with Crippen LogP contribution in [-0.4, -0.2) is 42.8 Å². The Bertz CT molecular complexity index is 385. The second-order valence-corrected chi connectivity index (χ2v) is 4.69. The predicted octanol–water partition coefficient (Wildman–Crippen LogP) is 1.52. The standard InChI is InChI=1S/C12H20N4O/c1-12(17-3)5-4-6-16(9-12)11-8-14-7-10(13-2)15-11/h7-8H,4-6,9H2,1-3H3,(H,13,15). The molecular formula is C12H20N4O. The molecule has 1 fully saturated rings. The highest BCUT2D eigenvalue weighted by Gasteiger charge is 2.31. The molecule has 2 heterocycles. The number of piperidine rings is 1. The fraction of sp³-hybridized carbons (Fsp3) is 0.667. The molecule has 0 radical (unpaired) electrons. The molecule has 1 saturated heterocycles. The molecule has 1 aromatic rings. The number of nitrogens with one attached hydrogen (secondary N) is 1. The number of methoxy groups -OCH3 is 1. The van der Waals surface area contributed by atoms with E-state index >= 15 is 0 Å². The summed E-state index contributed by atoms with van der Waals surface area (Å²) in [5, 5.41) is 3.01. The maximum Gasteiger partial charge on any atom is 0.149 e. The monoisotopic (exact) mass is 236 g/mol. The average molecular weight is 236 g/mol. The minimum atomic E-state index is -0.0738. The predicted molar refractivity (Wildman–Crippen MR) is 68.4 cm³/mol. The van der Waals surface area contributed by atoms with Gasteiger partial charge in [0.2, 0.25) is 0 Å². The van der Waals surface area contributed by atoms with E-state index in [1.807, 2.05) is 13.2 Å². The number of aromatic nitrogens is 2. The van der Waals surface area contributed by atoms with Crippen LogP contribution in [0.25, 0.3) is 0 Å². The fourth-order valence-corrected chi connectivity index (χ4v) is 2.20. The molecule has 5 heteroatoms. The highest BCUT2D eigenvalue weighted by atomic mass is 16.5. The molecule has 5 nitrogen and oxygen atoms in total. The van der Waals surface area contributed by atoms with E-state index in [1.54, 1.807) is 13.3 Å². The molecular weight excluding hydrogens is 216 g/mol. The van der Waals surface area contributed by atoms with Crippen molar-refractivity contribution in [2.45, 2.75) is 25.4 Å². The molecule has 0 aromatic carbocycles. The molecule has 1 aliphatic rings. The van der Waals surface area contributed by atoms with Crippen LogP contribution >= 0.6 is 0 Å². The molecule has 0 saturated carbocycles. The molecule has 1 atom stereocenters. The lowest BCUT2D eigenvalue weighted by Gasteiger charge is -2.39. The zero-order valence-electron chi connectivity index (χ0n) is 10.7. The zero-order valence-corrected chi connectivity index (χ0v) is 10.7. The summed E-state index contributed by atoms with van der Waals surface area (Å²) < 4.78 is 5.58. The van der Waals surface area contributed by atoms with Gasteiger partial charge >= 0.3 is 0 Å². The Kier molecular flexibility index (Phi) is 3.47. The third-order valence-corrected chi connectivity index (χ3v) is 3.35. The number of nitrogens with zero attached hydrogens (tertiary/aromatic N) is 3. The number of ether oxygens (including phenoxy) is 1. The summed E-state index contributed by atoms with van der Waals surface area (Å²) in [5.41, 5.74) is -0.0738. The Morgan fingerprint density at radius 1 is 1.47 bits per heavy atom. The zero-order chi connectivity index (χ0) is 12.3. The van der Waals surface area contributed by atoms with Gasteiger partial charge in [0.05, 0.1) is 18.0 Å². The van der Waals surface area contributed by atoms with Gasteiger partial charge in [-0.25, -0.2) is 4.98 Å². The van der Waals surface area contributed by atoms with Crippen molar-refractivity contribution >= 4 is 11.6 Å². The van der Waals surface area contributed by atoms with Crippen LogP contribution in [0.5, 0.6) is 0 Å². The first-order valence-corrected chi connectivity index (χ1v) is 5.97. The van der Waals surface area contributed by atoms with Crippen LogP contribution in [0.1, 0.15) is 19.8 Å². The minimum Gasteiger partial charge on any atom is -0.377 e. The van der Waals surface area contributed by atoms with Gasteiger partial charge < -0.3 is 15.0 Å². The van der Waals surface area contributed by atoms with Crippen molar-refractivity contribution in [2.24, 2.45) is 0 Å². The van der Waals surface area contributed by atoms with Crippen LogP contribution in [0.2, 0.25) is 0 Å². The quantitative estimate of drug-likeness (QED) is 0.862. The smallest absolute Gasteiger partial charge is 0.149 e. The lowest BCUT2D eigenvalue weighted by atomic mass is 9.95. The Hall–Kier alpha value is -1.36. The van der Waals surface area contributed by atoms with Crippen LogP contribution < -0.4 is 10.2 Å². The number of rotatable bonds is 3. The van der Waals surface area contributed by atoms with Gasteiger partial charge in [-0.2, -0.15) is 0 Å². The maximum atomic E-state index is 5.58. The van der Waals surface area contributed by atoms with Crippen LogP contribution in [-0.2, 0) is 4.74 Å². The highest BCUT2D eigenvalue weighted by molar-refractivity contribution is 5.44. The first-order chi connectivity index (χ1) is 8.17. The summed E-state index contributed by atoms with van der Waals surface area (Å²) in [7, 11) is 3.63. The molecule has 2 rings (SSSR count). The van der Waals surface area contributed by atoms with Crippen LogP contribution in [0.15, 0.2) is 12.4 Å². The lowest BCUT2D eigenvalue weighted by molar-refractivity contribution is -0.00482. The first-order valence-electron chi connectivity index (χ1n) is 5.97. The van der Waals surface area contributed by atoms with Crippen LogP contribution in [0.4, 0.5) is 11.6 Å². The van der Waals surface area contributed by atoms with Gasteiger partial charge in [-0.05, 0) is 19.8 Å². The number of hydrogen-bond acceptors (Lipinski definition) is 5. The van der Waals surface area contributed by atoms with Gasteiger partial charge in [-0.15, -0.1) is 0 Å². The Morgan fingerprint density at radius 3 is 3.00 bits per heavy atom. The largest absolute Gasteiger partial charge is 0.377 e.